The summed E-state index contributed by atoms with van der Waals surface area (Å²) in [5.41, 5.74) is 4.00. The van der Waals surface area contributed by atoms with Crippen LogP contribution >= 0.6 is 0 Å². The molecule has 0 bridgehead atoms. The average Bonchev–Trinajstić information content (AvgIpc) is 2.65. The van der Waals surface area contributed by atoms with Crippen LogP contribution in [0.5, 0.6) is 0 Å². The van der Waals surface area contributed by atoms with Crippen LogP contribution in [0.15, 0.2) is 48.3 Å². The minimum absolute atomic E-state index is 0.0363. The first-order chi connectivity index (χ1) is 12.1. The van der Waals surface area contributed by atoms with Gasteiger partial charge in [0, 0.05) is 22.5 Å². The molecular weight excluding hydrogens is 310 g/mol. The Bertz CT molecular complexity index is 926. The van der Waals surface area contributed by atoms with Gasteiger partial charge >= 0.3 is 0 Å². The molecule has 1 aromatic carbocycles. The van der Waals surface area contributed by atoms with Gasteiger partial charge in [-0.25, -0.2) is 9.97 Å². The molecule has 0 spiro atoms. The van der Waals surface area contributed by atoms with Crippen LogP contribution in [0, 0.1) is 23.2 Å². The van der Waals surface area contributed by atoms with Gasteiger partial charge in [0.1, 0.15) is 12.4 Å². The van der Waals surface area contributed by atoms with Crippen molar-refractivity contribution < 1.29 is 4.79 Å². The number of rotatable bonds is 1. The van der Waals surface area contributed by atoms with Crippen LogP contribution in [-0.4, -0.2) is 15.8 Å². The van der Waals surface area contributed by atoms with Gasteiger partial charge in [-0.1, -0.05) is 50.3 Å². The largest absolute Gasteiger partial charge is 0.293 e. The van der Waals surface area contributed by atoms with Crippen molar-refractivity contribution in [2.75, 3.05) is 0 Å². The van der Waals surface area contributed by atoms with Crippen molar-refractivity contribution in [3.63, 3.8) is 0 Å². The predicted octanol–water partition coefficient (Wildman–Crippen LogP) is 3.63. The highest BCUT2D eigenvalue weighted by Gasteiger charge is 2.49. The van der Waals surface area contributed by atoms with E-state index in [-0.39, 0.29) is 23.2 Å². The minimum atomic E-state index is -0.404. The van der Waals surface area contributed by atoms with Crippen LogP contribution in [0.2, 0.25) is 0 Å². The predicted molar refractivity (Wildman–Crippen MR) is 94.5 cm³/mol. The van der Waals surface area contributed by atoms with Crippen molar-refractivity contribution in [1.29, 1.82) is 5.26 Å². The maximum atomic E-state index is 12.4. The first kappa shape index (κ1) is 15.7. The van der Waals surface area contributed by atoms with E-state index in [1.165, 1.54) is 0 Å². The Morgan fingerprint density at radius 2 is 2.00 bits per heavy atom. The molecule has 124 valence electrons. The van der Waals surface area contributed by atoms with Gasteiger partial charge in [0.2, 0.25) is 0 Å². The van der Waals surface area contributed by atoms with E-state index in [1.54, 1.807) is 6.33 Å². The maximum Gasteiger partial charge on any atom is 0.176 e. The van der Waals surface area contributed by atoms with E-state index in [1.807, 2.05) is 31.2 Å². The average molecular weight is 329 g/mol. The molecule has 4 rings (SSSR count). The number of allylic oxidation sites excluding steroid dienone is 2. The number of aromatic nitrogens is 2. The standard InChI is InChI=1S/C21H19N3O/c1-13-17-9-8-16-18(14-6-4-3-5-7-14)23-12-24-20(16)21(17,2)10-15(11-22)19(13)25/h3-7,10,12-13,17H,8-9H2,1-2H3/t13-,17-,21-/m1/s1. The van der Waals surface area contributed by atoms with E-state index in [0.29, 0.717) is 0 Å². The molecule has 0 fully saturated rings. The summed E-state index contributed by atoms with van der Waals surface area (Å²) < 4.78 is 0. The zero-order valence-electron chi connectivity index (χ0n) is 14.4. The normalized spacial score (nSPS) is 27.7. The quantitative estimate of drug-likeness (QED) is 0.801. The second kappa shape index (κ2) is 5.63. The highest BCUT2D eigenvalue weighted by molar-refractivity contribution is 6.02. The van der Waals surface area contributed by atoms with Gasteiger partial charge in [-0.15, -0.1) is 0 Å². The van der Waals surface area contributed by atoms with Gasteiger partial charge in [-0.3, -0.25) is 4.79 Å². The van der Waals surface area contributed by atoms with Crippen LogP contribution in [0.1, 0.15) is 31.5 Å². The first-order valence-corrected chi connectivity index (χ1v) is 8.63. The molecule has 0 aliphatic heterocycles. The number of carbonyl (C=O) groups excluding carboxylic acids is 1. The molecule has 0 amide bonds. The van der Waals surface area contributed by atoms with Crippen molar-refractivity contribution >= 4 is 5.78 Å². The third-order valence-electron chi connectivity index (χ3n) is 5.83. The second-order valence-electron chi connectivity index (χ2n) is 7.17. The highest BCUT2D eigenvalue weighted by Crippen LogP contribution is 2.50. The van der Waals surface area contributed by atoms with Crippen LogP contribution in [0.25, 0.3) is 11.3 Å². The molecule has 2 aliphatic carbocycles. The minimum Gasteiger partial charge on any atom is -0.293 e. The molecule has 0 saturated heterocycles. The van der Waals surface area contributed by atoms with Crippen LogP contribution in [-0.2, 0) is 16.6 Å². The van der Waals surface area contributed by atoms with E-state index in [4.69, 9.17) is 0 Å². The van der Waals surface area contributed by atoms with Crippen molar-refractivity contribution in [3.8, 4) is 17.3 Å². The molecule has 4 nitrogen and oxygen atoms in total. The van der Waals surface area contributed by atoms with Gasteiger partial charge < -0.3 is 0 Å². The van der Waals surface area contributed by atoms with Crippen LogP contribution in [0.3, 0.4) is 0 Å². The first-order valence-electron chi connectivity index (χ1n) is 8.63. The third-order valence-corrected chi connectivity index (χ3v) is 5.83. The molecule has 3 atom stereocenters. The summed E-state index contributed by atoms with van der Waals surface area (Å²) in [4.78, 5) is 21.6. The lowest BCUT2D eigenvalue weighted by Gasteiger charge is -2.45. The summed E-state index contributed by atoms with van der Waals surface area (Å²) in [5.74, 6) is -0.0261. The van der Waals surface area contributed by atoms with E-state index in [9.17, 15) is 10.1 Å². The molecule has 2 aromatic rings. The third kappa shape index (κ3) is 2.23. The molecule has 0 radical (unpaired) electrons. The van der Waals surface area contributed by atoms with Crippen LogP contribution in [0.4, 0.5) is 0 Å². The van der Waals surface area contributed by atoms with Gasteiger partial charge in [-0.2, -0.15) is 5.26 Å². The maximum absolute atomic E-state index is 12.4. The van der Waals surface area contributed by atoms with E-state index in [0.717, 1.165) is 35.4 Å². The smallest absolute Gasteiger partial charge is 0.176 e. The SMILES string of the molecule is C[C@H]1C(=O)C(C#N)=C[C@@]2(C)c3ncnc(-c4ccccc4)c3CC[C@H]12. The zero-order chi connectivity index (χ0) is 17.6. The lowest BCUT2D eigenvalue weighted by Crippen LogP contribution is -2.46. The summed E-state index contributed by atoms with van der Waals surface area (Å²) >= 11 is 0. The lowest BCUT2D eigenvalue weighted by molar-refractivity contribution is -0.121. The number of Topliss-reactive ketones (excluding diaryl/α,β-unsaturated/α-hetero) is 1. The molecule has 0 unspecified atom stereocenters. The number of hydrogen-bond donors (Lipinski definition) is 0. The number of benzene rings is 1. The molecular formula is C21H19N3O. The highest BCUT2D eigenvalue weighted by atomic mass is 16.1. The molecule has 4 heteroatoms. The van der Waals surface area contributed by atoms with Gasteiger partial charge in [0.25, 0.3) is 0 Å². The number of ketones is 1. The van der Waals surface area contributed by atoms with Crippen LogP contribution < -0.4 is 0 Å². The number of carbonyl (C=O) groups is 1. The van der Waals surface area contributed by atoms with Crippen molar-refractivity contribution in [2.45, 2.75) is 32.1 Å². The van der Waals surface area contributed by atoms with Gasteiger partial charge in [0.05, 0.1) is 17.0 Å². The summed E-state index contributed by atoms with van der Waals surface area (Å²) in [6.45, 7) is 4.05. The Hall–Kier alpha value is -2.80. The Kier molecular flexibility index (Phi) is 3.54. The Labute approximate surface area is 147 Å². The monoisotopic (exact) mass is 329 g/mol. The van der Waals surface area contributed by atoms with E-state index in [2.05, 4.69) is 35.1 Å². The number of nitrogens with zero attached hydrogens (tertiary/aromatic N) is 3. The Morgan fingerprint density at radius 1 is 1.24 bits per heavy atom. The summed E-state index contributed by atoms with van der Waals surface area (Å²) in [6.07, 6.45) is 5.21. The summed E-state index contributed by atoms with van der Waals surface area (Å²) in [6, 6.07) is 12.2. The molecule has 1 heterocycles. The van der Waals surface area contributed by atoms with E-state index < -0.39 is 5.41 Å². The Balaban J connectivity index is 1.94. The molecule has 0 saturated carbocycles. The van der Waals surface area contributed by atoms with Gasteiger partial charge in [-0.05, 0) is 18.8 Å². The molecule has 2 aliphatic rings. The number of fused-ring (bicyclic) bond motifs is 3. The summed E-state index contributed by atoms with van der Waals surface area (Å²) in [5, 5.41) is 9.39. The topological polar surface area (TPSA) is 66.6 Å². The van der Waals surface area contributed by atoms with E-state index >= 15 is 0 Å². The van der Waals surface area contributed by atoms with Crippen molar-refractivity contribution in [2.24, 2.45) is 11.8 Å². The lowest BCUT2D eigenvalue weighted by atomic mass is 9.57. The number of hydrogen-bond acceptors (Lipinski definition) is 4. The fourth-order valence-corrected chi connectivity index (χ4v) is 4.56. The fraction of sp³-hybridized carbons (Fsp3) is 0.333. The van der Waals surface area contributed by atoms with Crippen molar-refractivity contribution in [1.82, 2.24) is 9.97 Å². The molecule has 1 aromatic heterocycles. The number of nitriles is 1. The van der Waals surface area contributed by atoms with Gasteiger partial charge in [0.15, 0.2) is 5.78 Å². The van der Waals surface area contributed by atoms with Crippen molar-refractivity contribution in [3.05, 3.63) is 59.6 Å². The summed E-state index contributed by atoms with van der Waals surface area (Å²) in [7, 11) is 0. The fourth-order valence-electron chi connectivity index (χ4n) is 4.56. The second-order valence-corrected chi connectivity index (χ2v) is 7.17. The zero-order valence-corrected chi connectivity index (χ0v) is 14.4. The molecule has 0 N–H and O–H groups in total. The molecule has 25 heavy (non-hydrogen) atoms. The Morgan fingerprint density at radius 3 is 2.72 bits per heavy atom.